The maximum absolute atomic E-state index is 13.8. The van der Waals surface area contributed by atoms with Crippen molar-refractivity contribution < 1.29 is 31.1 Å². The zero-order valence-electron chi connectivity index (χ0n) is 17.8. The standard InChI is InChI=1S/C20H27F3N4O4S/c1-12-15(8-25-17(26-12)20(21,22)23)32(28,29)16-7-19(4-13(24)9-31-19)2-3-27(16)14-5-18(6-14)10-30-11-18/h8,13-14,16H,2-7,9-11,24H2,1H3. The molecule has 5 rings (SSSR count). The van der Waals surface area contributed by atoms with Gasteiger partial charge in [0, 0.05) is 36.7 Å². The molecular weight excluding hydrogens is 449 g/mol. The number of hydrogen-bond donors (Lipinski definition) is 1. The molecule has 1 aromatic heterocycles. The lowest BCUT2D eigenvalue weighted by Crippen LogP contribution is -2.65. The molecule has 0 amide bonds. The highest BCUT2D eigenvalue weighted by Crippen LogP contribution is 2.52. The van der Waals surface area contributed by atoms with E-state index in [2.05, 4.69) is 9.97 Å². The summed E-state index contributed by atoms with van der Waals surface area (Å²) in [5.74, 6) is -1.35. The second kappa shape index (κ2) is 7.33. The van der Waals surface area contributed by atoms with Crippen LogP contribution in [0.15, 0.2) is 11.1 Å². The molecule has 32 heavy (non-hydrogen) atoms. The Labute approximate surface area is 184 Å². The molecule has 0 aromatic carbocycles. The molecule has 1 saturated carbocycles. The van der Waals surface area contributed by atoms with E-state index in [0.29, 0.717) is 39.2 Å². The number of ether oxygens (including phenoxy) is 2. The predicted molar refractivity (Wildman–Crippen MR) is 106 cm³/mol. The molecule has 4 fully saturated rings. The Morgan fingerprint density at radius 3 is 2.47 bits per heavy atom. The Morgan fingerprint density at radius 1 is 1.22 bits per heavy atom. The molecule has 1 aromatic rings. The summed E-state index contributed by atoms with van der Waals surface area (Å²) in [4.78, 5) is 8.51. The minimum absolute atomic E-state index is 0.0850. The van der Waals surface area contributed by atoms with Crippen LogP contribution >= 0.6 is 0 Å². The average Bonchev–Trinajstić information content (AvgIpc) is 2.99. The van der Waals surface area contributed by atoms with Crippen molar-refractivity contribution in [3.8, 4) is 0 Å². The van der Waals surface area contributed by atoms with Gasteiger partial charge in [-0.25, -0.2) is 18.4 Å². The van der Waals surface area contributed by atoms with Gasteiger partial charge in [0.1, 0.15) is 10.3 Å². The summed E-state index contributed by atoms with van der Waals surface area (Å²) in [5.41, 5.74) is 5.37. The third-order valence-corrected chi connectivity index (χ3v) is 9.62. The van der Waals surface area contributed by atoms with E-state index in [1.165, 1.54) is 6.92 Å². The molecular formula is C20H27F3N4O4S. The van der Waals surface area contributed by atoms with Gasteiger partial charge >= 0.3 is 6.18 Å². The smallest absolute Gasteiger partial charge is 0.380 e. The molecule has 2 spiro atoms. The van der Waals surface area contributed by atoms with Crippen molar-refractivity contribution in [1.29, 1.82) is 0 Å². The van der Waals surface area contributed by atoms with Gasteiger partial charge in [-0.2, -0.15) is 13.2 Å². The maximum Gasteiger partial charge on any atom is 0.451 e. The first-order valence-electron chi connectivity index (χ1n) is 10.8. The van der Waals surface area contributed by atoms with Gasteiger partial charge in [-0.1, -0.05) is 0 Å². The number of nitrogens with two attached hydrogens (primary N) is 1. The summed E-state index contributed by atoms with van der Waals surface area (Å²) in [6.07, 6.45) is -0.767. The number of hydrogen-bond acceptors (Lipinski definition) is 8. The van der Waals surface area contributed by atoms with E-state index in [4.69, 9.17) is 15.2 Å². The van der Waals surface area contributed by atoms with Crippen LogP contribution in [-0.4, -0.2) is 72.7 Å². The first-order valence-corrected chi connectivity index (χ1v) is 12.4. The summed E-state index contributed by atoms with van der Waals surface area (Å²) in [6.45, 7) is 3.57. The lowest BCUT2D eigenvalue weighted by molar-refractivity contribution is -0.192. The predicted octanol–water partition coefficient (Wildman–Crippen LogP) is 1.66. The Balaban J connectivity index is 1.47. The van der Waals surface area contributed by atoms with Crippen LogP contribution in [0.1, 0.15) is 43.6 Å². The fraction of sp³-hybridized carbons (Fsp3) is 0.800. The van der Waals surface area contributed by atoms with E-state index in [1.54, 1.807) is 0 Å². The number of alkyl halides is 3. The number of halogens is 3. The van der Waals surface area contributed by atoms with Crippen molar-refractivity contribution in [2.45, 2.75) is 73.2 Å². The summed E-state index contributed by atoms with van der Waals surface area (Å²) in [7, 11) is -4.05. The Kier molecular flexibility index (Phi) is 5.14. The number of sulfone groups is 1. The fourth-order valence-electron chi connectivity index (χ4n) is 5.74. The molecule has 3 unspecified atom stereocenters. The van der Waals surface area contributed by atoms with Crippen LogP contribution < -0.4 is 5.73 Å². The van der Waals surface area contributed by atoms with Crippen LogP contribution in [0, 0.1) is 12.3 Å². The van der Waals surface area contributed by atoms with Crippen molar-refractivity contribution in [1.82, 2.24) is 14.9 Å². The van der Waals surface area contributed by atoms with E-state index in [1.807, 2.05) is 4.90 Å². The SMILES string of the molecule is Cc1nc(C(F)(F)F)ncc1S(=O)(=O)C1CC2(CCN1C1CC3(COC3)C1)CC(N)CO2. The van der Waals surface area contributed by atoms with Gasteiger partial charge in [-0.05, 0) is 32.6 Å². The Morgan fingerprint density at radius 2 is 1.94 bits per heavy atom. The number of aromatic nitrogens is 2. The maximum atomic E-state index is 13.8. The van der Waals surface area contributed by atoms with Crippen LogP contribution in [0.3, 0.4) is 0 Å². The highest BCUT2D eigenvalue weighted by atomic mass is 32.2. The monoisotopic (exact) mass is 476 g/mol. The number of piperidine rings is 1. The molecule has 1 aliphatic carbocycles. The summed E-state index contributed by atoms with van der Waals surface area (Å²) in [6, 6.07) is -0.0677. The zero-order valence-corrected chi connectivity index (χ0v) is 18.6. The van der Waals surface area contributed by atoms with Crippen LogP contribution in [0.5, 0.6) is 0 Å². The van der Waals surface area contributed by atoms with Gasteiger partial charge in [0.05, 0.1) is 31.1 Å². The van der Waals surface area contributed by atoms with E-state index >= 15 is 0 Å². The van der Waals surface area contributed by atoms with Crippen molar-refractivity contribution >= 4 is 9.84 Å². The summed E-state index contributed by atoms with van der Waals surface area (Å²) < 4.78 is 77.9. The van der Waals surface area contributed by atoms with E-state index < -0.39 is 32.8 Å². The molecule has 3 saturated heterocycles. The van der Waals surface area contributed by atoms with Crippen molar-refractivity contribution in [3.05, 3.63) is 17.7 Å². The number of aryl methyl sites for hydroxylation is 1. The topological polar surface area (TPSA) is 108 Å². The quantitative estimate of drug-likeness (QED) is 0.702. The zero-order chi connectivity index (χ0) is 22.9. The Hall–Kier alpha value is -1.34. The Bertz CT molecular complexity index is 1010. The molecule has 3 aliphatic heterocycles. The number of nitrogens with zero attached hydrogens (tertiary/aromatic N) is 3. The third kappa shape index (κ3) is 3.64. The van der Waals surface area contributed by atoms with E-state index in [0.717, 1.165) is 19.0 Å². The minimum atomic E-state index is -4.74. The fourth-order valence-corrected chi connectivity index (χ4v) is 7.84. The molecule has 3 atom stereocenters. The van der Waals surface area contributed by atoms with Crippen LogP contribution in [-0.2, 0) is 25.5 Å². The molecule has 2 N–H and O–H groups in total. The second-order valence-corrected chi connectivity index (χ2v) is 11.9. The van der Waals surface area contributed by atoms with Gasteiger partial charge in [0.15, 0.2) is 9.84 Å². The summed E-state index contributed by atoms with van der Waals surface area (Å²) in [5, 5.41) is -0.927. The first kappa shape index (κ1) is 22.5. The van der Waals surface area contributed by atoms with Crippen molar-refractivity contribution in [2.75, 3.05) is 26.4 Å². The second-order valence-electron chi connectivity index (χ2n) is 9.85. The van der Waals surface area contributed by atoms with Gasteiger partial charge in [0.2, 0.25) is 5.82 Å². The molecule has 0 radical (unpaired) electrons. The number of likely N-dealkylation sites (tertiary alicyclic amines) is 1. The number of rotatable bonds is 3. The van der Waals surface area contributed by atoms with Gasteiger partial charge in [-0.15, -0.1) is 0 Å². The van der Waals surface area contributed by atoms with E-state index in [-0.39, 0.29) is 34.5 Å². The molecule has 4 aliphatic rings. The van der Waals surface area contributed by atoms with Crippen LogP contribution in [0.2, 0.25) is 0 Å². The molecule has 8 nitrogen and oxygen atoms in total. The average molecular weight is 477 g/mol. The van der Waals surface area contributed by atoms with Crippen LogP contribution in [0.4, 0.5) is 13.2 Å². The van der Waals surface area contributed by atoms with Crippen LogP contribution in [0.25, 0.3) is 0 Å². The molecule has 0 bridgehead atoms. The van der Waals surface area contributed by atoms with Gasteiger partial charge in [-0.3, -0.25) is 4.90 Å². The first-order chi connectivity index (χ1) is 14.9. The van der Waals surface area contributed by atoms with Gasteiger partial charge < -0.3 is 15.2 Å². The third-order valence-electron chi connectivity index (χ3n) is 7.46. The van der Waals surface area contributed by atoms with Crippen molar-refractivity contribution in [2.24, 2.45) is 11.1 Å². The molecule has 12 heteroatoms. The molecule has 4 heterocycles. The van der Waals surface area contributed by atoms with E-state index in [9.17, 15) is 21.6 Å². The lowest BCUT2D eigenvalue weighted by atomic mass is 9.63. The summed E-state index contributed by atoms with van der Waals surface area (Å²) >= 11 is 0. The molecule has 178 valence electrons. The van der Waals surface area contributed by atoms with Gasteiger partial charge in [0.25, 0.3) is 0 Å². The minimum Gasteiger partial charge on any atom is -0.380 e. The normalized spacial score (nSPS) is 33.4. The largest absolute Gasteiger partial charge is 0.451 e. The highest BCUT2D eigenvalue weighted by Gasteiger charge is 2.57. The highest BCUT2D eigenvalue weighted by molar-refractivity contribution is 7.92. The lowest BCUT2D eigenvalue weighted by Gasteiger charge is -2.59. The van der Waals surface area contributed by atoms with Crippen molar-refractivity contribution in [3.63, 3.8) is 0 Å².